The monoisotopic (exact) mass is 462 g/mol. The maximum Gasteiger partial charge on any atom is 0.261 e. The first kappa shape index (κ1) is 23.4. The molecule has 0 radical (unpaired) electrons. The highest BCUT2D eigenvalue weighted by molar-refractivity contribution is 6.30. The fourth-order valence-corrected chi connectivity index (χ4v) is 4.03. The highest BCUT2D eigenvalue weighted by Crippen LogP contribution is 2.20. The summed E-state index contributed by atoms with van der Waals surface area (Å²) in [5, 5.41) is 4.27. The molecule has 31 heavy (non-hydrogen) atoms. The molecule has 0 unspecified atom stereocenters. The van der Waals surface area contributed by atoms with Gasteiger partial charge in [0.05, 0.1) is 0 Å². The van der Waals surface area contributed by atoms with E-state index >= 15 is 0 Å². The zero-order chi connectivity index (χ0) is 22.2. The smallest absolute Gasteiger partial charge is 0.261 e. The second-order valence-corrected chi connectivity index (χ2v) is 8.79. The van der Waals surface area contributed by atoms with E-state index in [1.54, 1.807) is 48.2 Å². The third-order valence-corrected chi connectivity index (χ3v) is 6.03. The number of nitrogens with one attached hydrogen (secondary N) is 1. The summed E-state index contributed by atoms with van der Waals surface area (Å²) in [7, 11) is 0. The summed E-state index contributed by atoms with van der Waals surface area (Å²) in [6.45, 7) is 1.86. The van der Waals surface area contributed by atoms with Crippen molar-refractivity contribution in [3.8, 4) is 5.75 Å². The molecule has 7 heteroatoms. The minimum Gasteiger partial charge on any atom is -0.484 e. The normalized spacial score (nSPS) is 15.2. The van der Waals surface area contributed by atoms with E-state index in [1.807, 2.05) is 12.1 Å². The van der Waals surface area contributed by atoms with E-state index in [4.69, 9.17) is 27.9 Å². The molecule has 0 spiro atoms. The van der Waals surface area contributed by atoms with Crippen LogP contribution in [0.25, 0.3) is 0 Å². The molecule has 166 valence electrons. The molecule has 1 aliphatic carbocycles. The molecule has 1 saturated carbocycles. The first-order valence-corrected chi connectivity index (χ1v) is 11.4. The third-order valence-electron chi connectivity index (χ3n) is 5.54. The number of rotatable bonds is 8. The van der Waals surface area contributed by atoms with Gasteiger partial charge in [-0.1, -0.05) is 60.7 Å². The lowest BCUT2D eigenvalue weighted by molar-refractivity contribution is -0.142. The van der Waals surface area contributed by atoms with Gasteiger partial charge in [-0.2, -0.15) is 0 Å². The van der Waals surface area contributed by atoms with Crippen molar-refractivity contribution >= 4 is 35.0 Å². The minimum atomic E-state index is -0.631. The van der Waals surface area contributed by atoms with Crippen molar-refractivity contribution in [3.63, 3.8) is 0 Å². The summed E-state index contributed by atoms with van der Waals surface area (Å²) in [5.74, 6) is 0.0878. The van der Waals surface area contributed by atoms with Gasteiger partial charge < -0.3 is 15.0 Å². The molecule has 1 fully saturated rings. The highest BCUT2D eigenvalue weighted by Gasteiger charge is 2.28. The van der Waals surface area contributed by atoms with E-state index in [9.17, 15) is 9.59 Å². The van der Waals surface area contributed by atoms with E-state index in [0.717, 1.165) is 31.2 Å². The van der Waals surface area contributed by atoms with Crippen LogP contribution >= 0.6 is 23.2 Å². The molecular formula is C24H28Cl2N2O3. The average molecular weight is 463 g/mol. The van der Waals surface area contributed by atoms with Crippen LogP contribution in [0.15, 0.2) is 48.5 Å². The van der Waals surface area contributed by atoms with E-state index in [1.165, 1.54) is 6.42 Å². The molecule has 2 amide bonds. The molecule has 3 rings (SSSR count). The first-order valence-electron chi connectivity index (χ1n) is 10.6. The van der Waals surface area contributed by atoms with E-state index in [0.29, 0.717) is 15.8 Å². The predicted octanol–water partition coefficient (Wildman–Crippen LogP) is 5.24. The Balaban J connectivity index is 1.70. The molecule has 1 aliphatic rings. The lowest BCUT2D eigenvalue weighted by Gasteiger charge is -2.31. The number of amides is 2. The van der Waals surface area contributed by atoms with Gasteiger partial charge in [0.15, 0.2) is 6.61 Å². The van der Waals surface area contributed by atoms with Crippen LogP contribution in [0.2, 0.25) is 10.0 Å². The van der Waals surface area contributed by atoms with Gasteiger partial charge in [0.25, 0.3) is 5.91 Å². The third kappa shape index (κ3) is 7.15. The Morgan fingerprint density at radius 1 is 1.06 bits per heavy atom. The summed E-state index contributed by atoms with van der Waals surface area (Å²) in [4.78, 5) is 27.6. The van der Waals surface area contributed by atoms with Crippen LogP contribution in [0, 0.1) is 0 Å². The fourth-order valence-electron chi connectivity index (χ4n) is 3.72. The number of benzene rings is 2. The molecule has 0 aromatic heterocycles. The zero-order valence-corrected chi connectivity index (χ0v) is 19.2. The number of carbonyl (C=O) groups excluding carboxylic acids is 2. The number of carbonyl (C=O) groups is 2. The molecule has 2 aromatic carbocycles. The maximum absolute atomic E-state index is 13.1. The van der Waals surface area contributed by atoms with Gasteiger partial charge in [-0.15, -0.1) is 0 Å². The van der Waals surface area contributed by atoms with Gasteiger partial charge in [0, 0.05) is 22.6 Å². The fraction of sp³-hybridized carbons (Fsp3) is 0.417. The SMILES string of the molecule is C[C@@H](C(=O)NC1CCCCC1)N(Cc1ccc(Cl)cc1)C(=O)COc1cccc(Cl)c1. The predicted molar refractivity (Wildman–Crippen MR) is 123 cm³/mol. The summed E-state index contributed by atoms with van der Waals surface area (Å²) < 4.78 is 5.64. The van der Waals surface area contributed by atoms with E-state index in [2.05, 4.69) is 5.32 Å². The van der Waals surface area contributed by atoms with Crippen molar-refractivity contribution in [1.29, 1.82) is 0 Å². The van der Waals surface area contributed by atoms with Gasteiger partial charge in [0.1, 0.15) is 11.8 Å². The molecule has 0 aliphatic heterocycles. The van der Waals surface area contributed by atoms with Crippen LogP contribution < -0.4 is 10.1 Å². The molecular weight excluding hydrogens is 435 g/mol. The van der Waals surface area contributed by atoms with Crippen molar-refractivity contribution in [3.05, 3.63) is 64.1 Å². The Bertz CT molecular complexity index is 883. The summed E-state index contributed by atoms with van der Waals surface area (Å²) in [6, 6.07) is 13.7. The highest BCUT2D eigenvalue weighted by atomic mass is 35.5. The van der Waals surface area contributed by atoms with Crippen LogP contribution in [-0.2, 0) is 16.1 Å². The lowest BCUT2D eigenvalue weighted by atomic mass is 9.95. The van der Waals surface area contributed by atoms with Gasteiger partial charge in [-0.3, -0.25) is 9.59 Å². The summed E-state index contributed by atoms with van der Waals surface area (Å²) in [5.41, 5.74) is 0.887. The minimum absolute atomic E-state index is 0.142. The zero-order valence-electron chi connectivity index (χ0n) is 17.7. The number of ether oxygens (including phenoxy) is 1. The molecule has 5 nitrogen and oxygen atoms in total. The molecule has 0 heterocycles. The Hall–Kier alpha value is -2.24. The van der Waals surface area contributed by atoms with Crippen molar-refractivity contribution in [2.75, 3.05) is 6.61 Å². The number of hydrogen-bond donors (Lipinski definition) is 1. The van der Waals surface area contributed by atoms with E-state index < -0.39 is 6.04 Å². The van der Waals surface area contributed by atoms with Crippen LogP contribution in [-0.4, -0.2) is 35.4 Å². The molecule has 2 aromatic rings. The Morgan fingerprint density at radius 2 is 1.77 bits per heavy atom. The summed E-state index contributed by atoms with van der Waals surface area (Å²) >= 11 is 12.0. The topological polar surface area (TPSA) is 58.6 Å². The Kier molecular flexibility index (Phi) is 8.61. The first-order chi connectivity index (χ1) is 14.9. The van der Waals surface area contributed by atoms with Crippen LogP contribution in [0.4, 0.5) is 0 Å². The van der Waals surface area contributed by atoms with Gasteiger partial charge in [0.2, 0.25) is 5.91 Å². The van der Waals surface area contributed by atoms with Crippen molar-refractivity contribution < 1.29 is 14.3 Å². The molecule has 0 saturated heterocycles. The lowest BCUT2D eigenvalue weighted by Crippen LogP contribution is -2.51. The number of nitrogens with zero attached hydrogens (tertiary/aromatic N) is 1. The van der Waals surface area contributed by atoms with Crippen molar-refractivity contribution in [2.45, 2.75) is 57.7 Å². The molecule has 1 atom stereocenters. The van der Waals surface area contributed by atoms with Crippen molar-refractivity contribution in [2.24, 2.45) is 0 Å². The van der Waals surface area contributed by atoms with Crippen LogP contribution in [0.1, 0.15) is 44.6 Å². The largest absolute Gasteiger partial charge is 0.484 e. The standard InChI is InChI=1S/C24H28Cl2N2O3/c1-17(24(30)27-21-7-3-2-4-8-21)28(15-18-10-12-19(25)13-11-18)23(29)16-31-22-9-5-6-20(26)14-22/h5-6,9-14,17,21H,2-4,7-8,15-16H2,1H3,(H,27,30)/t17-/m0/s1. The number of hydrogen-bond acceptors (Lipinski definition) is 3. The van der Waals surface area contributed by atoms with Gasteiger partial charge in [-0.25, -0.2) is 0 Å². The van der Waals surface area contributed by atoms with E-state index in [-0.39, 0.29) is 31.0 Å². The van der Waals surface area contributed by atoms with Crippen LogP contribution in [0.3, 0.4) is 0 Å². The molecule has 1 N–H and O–H groups in total. The second-order valence-electron chi connectivity index (χ2n) is 7.91. The number of halogens is 2. The van der Waals surface area contributed by atoms with Gasteiger partial charge in [-0.05, 0) is 55.7 Å². The Morgan fingerprint density at radius 3 is 2.45 bits per heavy atom. The quantitative estimate of drug-likeness (QED) is 0.583. The van der Waals surface area contributed by atoms with Gasteiger partial charge >= 0.3 is 0 Å². The average Bonchev–Trinajstić information content (AvgIpc) is 2.77. The molecule has 0 bridgehead atoms. The second kappa shape index (κ2) is 11.4. The summed E-state index contributed by atoms with van der Waals surface area (Å²) in [6.07, 6.45) is 5.44. The maximum atomic E-state index is 13.1. The van der Waals surface area contributed by atoms with Crippen LogP contribution in [0.5, 0.6) is 5.75 Å². The van der Waals surface area contributed by atoms with Crippen molar-refractivity contribution in [1.82, 2.24) is 10.2 Å². The Labute approximate surface area is 193 Å².